The molecule has 1 aliphatic rings. The molecule has 1 saturated heterocycles. The zero-order chi connectivity index (χ0) is 17.6. The summed E-state index contributed by atoms with van der Waals surface area (Å²) in [5, 5.41) is 6.11. The first-order chi connectivity index (χ1) is 11.5. The molecule has 0 saturated carbocycles. The van der Waals surface area contributed by atoms with E-state index in [9.17, 15) is 13.2 Å². The molecule has 2 N–H and O–H groups in total. The van der Waals surface area contributed by atoms with Crippen LogP contribution in [-0.4, -0.2) is 51.4 Å². The second kappa shape index (κ2) is 8.60. The first-order valence-electron chi connectivity index (χ1n) is 8.53. The van der Waals surface area contributed by atoms with Gasteiger partial charge in [-0.25, -0.2) is 8.42 Å². The Morgan fingerprint density at radius 3 is 2.33 bits per heavy atom. The van der Waals surface area contributed by atoms with Crippen molar-refractivity contribution in [2.45, 2.75) is 31.6 Å². The van der Waals surface area contributed by atoms with Gasteiger partial charge >= 0.3 is 0 Å². The van der Waals surface area contributed by atoms with Gasteiger partial charge in [0.2, 0.25) is 15.9 Å². The van der Waals surface area contributed by atoms with Gasteiger partial charge in [0, 0.05) is 45.1 Å². The molecule has 0 spiro atoms. The van der Waals surface area contributed by atoms with Crippen LogP contribution in [0, 0.1) is 5.92 Å². The zero-order valence-corrected chi connectivity index (χ0v) is 15.2. The third-order valence-electron chi connectivity index (χ3n) is 4.36. The molecule has 7 heteroatoms. The monoisotopic (exact) mass is 353 g/mol. The first kappa shape index (κ1) is 18.9. The van der Waals surface area contributed by atoms with Crippen molar-refractivity contribution in [2.24, 2.45) is 5.92 Å². The minimum atomic E-state index is -3.42. The van der Waals surface area contributed by atoms with E-state index >= 15 is 0 Å². The van der Waals surface area contributed by atoms with E-state index in [0.717, 1.165) is 25.2 Å². The number of hydrogen-bond donors (Lipinski definition) is 2. The molecule has 6 nitrogen and oxygen atoms in total. The number of amides is 1. The summed E-state index contributed by atoms with van der Waals surface area (Å²) in [7, 11) is -3.42. The molecule has 1 aliphatic heterocycles. The number of sulfonamides is 1. The standard InChI is InChI=1S/C17H27N3O3S/c1-3-20(4-2)24(22,23)16-8-5-14(6-9-16)7-10-17(21)19-13-15-11-18-12-15/h5-6,8-9,15,18H,3-4,7,10-13H2,1-2H3,(H,19,21). The van der Waals surface area contributed by atoms with Crippen LogP contribution in [-0.2, 0) is 21.2 Å². The lowest BCUT2D eigenvalue weighted by atomic mass is 10.0. The lowest BCUT2D eigenvalue weighted by Gasteiger charge is -2.27. The SMILES string of the molecule is CCN(CC)S(=O)(=O)c1ccc(CCC(=O)NCC2CNC2)cc1. The summed E-state index contributed by atoms with van der Waals surface area (Å²) in [4.78, 5) is 12.1. The van der Waals surface area contributed by atoms with Crippen molar-refractivity contribution >= 4 is 15.9 Å². The molecule has 0 bridgehead atoms. The van der Waals surface area contributed by atoms with Crippen LogP contribution in [0.5, 0.6) is 0 Å². The average molecular weight is 353 g/mol. The molecule has 134 valence electrons. The Kier molecular flexibility index (Phi) is 6.77. The van der Waals surface area contributed by atoms with Crippen LogP contribution in [0.2, 0.25) is 0 Å². The second-order valence-corrected chi connectivity index (χ2v) is 8.00. The number of carbonyl (C=O) groups excluding carboxylic acids is 1. The van der Waals surface area contributed by atoms with Crippen LogP contribution in [0.4, 0.5) is 0 Å². The first-order valence-corrected chi connectivity index (χ1v) is 9.97. The Balaban J connectivity index is 1.86. The van der Waals surface area contributed by atoms with Crippen molar-refractivity contribution in [3.8, 4) is 0 Å². The summed E-state index contributed by atoms with van der Waals surface area (Å²) in [6, 6.07) is 6.83. The summed E-state index contributed by atoms with van der Waals surface area (Å²) >= 11 is 0. The van der Waals surface area contributed by atoms with Gasteiger partial charge in [0.25, 0.3) is 0 Å². The maximum absolute atomic E-state index is 12.4. The van der Waals surface area contributed by atoms with Crippen LogP contribution in [0.3, 0.4) is 0 Å². The Labute approximate surface area is 144 Å². The number of carbonyl (C=O) groups is 1. The highest BCUT2D eigenvalue weighted by molar-refractivity contribution is 7.89. The van der Waals surface area contributed by atoms with Gasteiger partial charge in [0.1, 0.15) is 0 Å². The highest BCUT2D eigenvalue weighted by Gasteiger charge is 2.21. The summed E-state index contributed by atoms with van der Waals surface area (Å²) in [5.74, 6) is 0.597. The molecule has 0 aliphatic carbocycles. The number of benzene rings is 1. The van der Waals surface area contributed by atoms with Crippen molar-refractivity contribution in [3.05, 3.63) is 29.8 Å². The topological polar surface area (TPSA) is 78.5 Å². The van der Waals surface area contributed by atoms with Gasteiger partial charge < -0.3 is 10.6 Å². The molecule has 0 atom stereocenters. The van der Waals surface area contributed by atoms with Crippen LogP contribution < -0.4 is 10.6 Å². The maximum Gasteiger partial charge on any atom is 0.243 e. The molecular weight excluding hydrogens is 326 g/mol. The van der Waals surface area contributed by atoms with Gasteiger partial charge in [-0.15, -0.1) is 0 Å². The summed E-state index contributed by atoms with van der Waals surface area (Å²) < 4.78 is 26.3. The van der Waals surface area contributed by atoms with Gasteiger partial charge in [-0.2, -0.15) is 4.31 Å². The molecule has 1 fully saturated rings. The van der Waals surface area contributed by atoms with E-state index in [1.54, 1.807) is 24.3 Å². The lowest BCUT2D eigenvalue weighted by molar-refractivity contribution is -0.121. The third-order valence-corrected chi connectivity index (χ3v) is 6.43. The van der Waals surface area contributed by atoms with E-state index in [1.165, 1.54) is 4.31 Å². The molecule has 1 amide bonds. The van der Waals surface area contributed by atoms with Gasteiger partial charge in [-0.1, -0.05) is 26.0 Å². The van der Waals surface area contributed by atoms with Crippen molar-refractivity contribution in [1.82, 2.24) is 14.9 Å². The van der Waals surface area contributed by atoms with Crippen molar-refractivity contribution in [3.63, 3.8) is 0 Å². The maximum atomic E-state index is 12.4. The van der Waals surface area contributed by atoms with E-state index < -0.39 is 10.0 Å². The van der Waals surface area contributed by atoms with E-state index in [4.69, 9.17) is 0 Å². The largest absolute Gasteiger partial charge is 0.356 e. The average Bonchev–Trinajstić information content (AvgIpc) is 2.53. The highest BCUT2D eigenvalue weighted by atomic mass is 32.2. The van der Waals surface area contributed by atoms with Gasteiger partial charge in [0.05, 0.1) is 4.90 Å². The third kappa shape index (κ3) is 4.78. The Hall–Kier alpha value is -1.44. The van der Waals surface area contributed by atoms with Crippen molar-refractivity contribution in [2.75, 3.05) is 32.7 Å². The van der Waals surface area contributed by atoms with Gasteiger partial charge in [-0.3, -0.25) is 4.79 Å². The van der Waals surface area contributed by atoms with Crippen LogP contribution >= 0.6 is 0 Å². The predicted octanol–water partition coefficient (Wildman–Crippen LogP) is 0.985. The van der Waals surface area contributed by atoms with E-state index in [2.05, 4.69) is 10.6 Å². The van der Waals surface area contributed by atoms with Crippen LogP contribution in [0.25, 0.3) is 0 Å². The van der Waals surface area contributed by atoms with Crippen LogP contribution in [0.1, 0.15) is 25.8 Å². The smallest absolute Gasteiger partial charge is 0.243 e. The molecule has 24 heavy (non-hydrogen) atoms. The molecule has 2 rings (SSSR count). The molecule has 0 radical (unpaired) electrons. The van der Waals surface area contributed by atoms with Crippen molar-refractivity contribution < 1.29 is 13.2 Å². The summed E-state index contributed by atoms with van der Waals surface area (Å²) in [6.45, 7) is 7.24. The van der Waals surface area contributed by atoms with Crippen molar-refractivity contribution in [1.29, 1.82) is 0 Å². The fourth-order valence-corrected chi connectivity index (χ4v) is 4.10. The Morgan fingerprint density at radius 1 is 1.21 bits per heavy atom. The Morgan fingerprint density at radius 2 is 1.83 bits per heavy atom. The number of aryl methyl sites for hydroxylation is 1. The quantitative estimate of drug-likeness (QED) is 0.694. The molecule has 0 unspecified atom stereocenters. The molecule has 0 aromatic heterocycles. The molecule has 1 heterocycles. The van der Waals surface area contributed by atoms with E-state index in [0.29, 0.717) is 36.7 Å². The summed E-state index contributed by atoms with van der Waals surface area (Å²) in [6.07, 6.45) is 1.03. The Bertz CT molecular complexity index is 636. The number of nitrogens with one attached hydrogen (secondary N) is 2. The molecule has 1 aromatic rings. The fourth-order valence-electron chi connectivity index (χ4n) is 2.64. The highest BCUT2D eigenvalue weighted by Crippen LogP contribution is 2.16. The number of rotatable bonds is 9. The minimum Gasteiger partial charge on any atom is -0.356 e. The van der Waals surface area contributed by atoms with E-state index in [-0.39, 0.29) is 5.91 Å². The number of nitrogens with zero attached hydrogens (tertiary/aromatic N) is 1. The minimum absolute atomic E-state index is 0.0433. The fraction of sp³-hybridized carbons (Fsp3) is 0.588. The van der Waals surface area contributed by atoms with Gasteiger partial charge in [0.15, 0.2) is 0 Å². The molecular formula is C17H27N3O3S. The van der Waals surface area contributed by atoms with Crippen LogP contribution in [0.15, 0.2) is 29.2 Å². The lowest BCUT2D eigenvalue weighted by Crippen LogP contribution is -2.48. The van der Waals surface area contributed by atoms with Gasteiger partial charge in [-0.05, 0) is 24.1 Å². The summed E-state index contributed by atoms with van der Waals surface area (Å²) in [5.41, 5.74) is 0.967. The predicted molar refractivity (Wildman–Crippen MR) is 94.2 cm³/mol. The second-order valence-electron chi connectivity index (χ2n) is 6.06. The van der Waals surface area contributed by atoms with E-state index in [1.807, 2.05) is 13.8 Å². The zero-order valence-electron chi connectivity index (χ0n) is 14.4. The molecule has 1 aromatic carbocycles. The number of hydrogen-bond acceptors (Lipinski definition) is 4. The normalized spacial score (nSPS) is 15.3.